The van der Waals surface area contributed by atoms with E-state index in [1.54, 1.807) is 16.2 Å². The fourth-order valence-corrected chi connectivity index (χ4v) is 7.52. The molecule has 1 unspecified atom stereocenters. The Morgan fingerprint density at radius 1 is 1.00 bits per heavy atom. The van der Waals surface area contributed by atoms with Crippen molar-refractivity contribution in [1.29, 1.82) is 0 Å². The predicted octanol–water partition coefficient (Wildman–Crippen LogP) is 2.21. The average Bonchev–Trinajstić information content (AvgIpc) is 3.20. The number of imide groups is 1. The summed E-state index contributed by atoms with van der Waals surface area (Å²) in [4.78, 5) is 57.2. The van der Waals surface area contributed by atoms with Crippen LogP contribution in [0.5, 0.6) is 0 Å². The molecule has 4 aliphatic rings. The van der Waals surface area contributed by atoms with Gasteiger partial charge in [-0.15, -0.1) is 0 Å². The number of imidazole rings is 1. The topological polar surface area (TPSA) is 121 Å². The van der Waals surface area contributed by atoms with Gasteiger partial charge in [-0.2, -0.15) is 0 Å². The highest BCUT2D eigenvalue weighted by Gasteiger charge is 2.35. The van der Waals surface area contributed by atoms with Crippen molar-refractivity contribution in [2.24, 2.45) is 13.0 Å². The van der Waals surface area contributed by atoms with Crippen LogP contribution >= 0.6 is 0 Å². The van der Waals surface area contributed by atoms with Gasteiger partial charge in [0.05, 0.1) is 16.7 Å². The Kier molecular flexibility index (Phi) is 8.49. The smallest absolute Gasteiger partial charge is 0.407 e. The first-order valence-electron chi connectivity index (χ1n) is 16.2. The molecular formula is C32H47N7O5. The number of hydrogen-bond donors (Lipinski definition) is 2. The minimum absolute atomic E-state index is 0.202. The van der Waals surface area contributed by atoms with Gasteiger partial charge in [-0.25, -0.2) is 9.59 Å². The minimum Gasteiger partial charge on any atom is -0.444 e. The predicted molar refractivity (Wildman–Crippen MR) is 168 cm³/mol. The molecule has 4 fully saturated rings. The molecule has 240 valence electrons. The van der Waals surface area contributed by atoms with E-state index in [-0.39, 0.29) is 30.2 Å². The van der Waals surface area contributed by atoms with Gasteiger partial charge in [-0.3, -0.25) is 28.9 Å². The van der Waals surface area contributed by atoms with Crippen LogP contribution in [0.3, 0.4) is 0 Å². The Balaban J connectivity index is 0.982. The molecule has 2 aromatic rings. The highest BCUT2D eigenvalue weighted by molar-refractivity contribution is 6.00. The van der Waals surface area contributed by atoms with E-state index < -0.39 is 17.6 Å². The Morgan fingerprint density at radius 2 is 1.70 bits per heavy atom. The first kappa shape index (κ1) is 30.6. The highest BCUT2D eigenvalue weighted by atomic mass is 16.6. The van der Waals surface area contributed by atoms with Crippen molar-refractivity contribution < 1.29 is 19.1 Å². The molecular weight excluding hydrogens is 562 g/mol. The molecule has 1 saturated carbocycles. The van der Waals surface area contributed by atoms with Crippen LogP contribution in [-0.4, -0.2) is 100 Å². The number of piperazine rings is 1. The summed E-state index contributed by atoms with van der Waals surface area (Å²) < 4.78 is 8.62. The number of aryl methyl sites for hydroxylation is 1. The van der Waals surface area contributed by atoms with Crippen molar-refractivity contribution in [3.8, 4) is 0 Å². The number of para-hydroxylation sites is 1. The van der Waals surface area contributed by atoms with Crippen molar-refractivity contribution in [3.05, 3.63) is 28.7 Å². The summed E-state index contributed by atoms with van der Waals surface area (Å²) in [6.07, 6.45) is 4.47. The molecule has 0 bridgehead atoms. The summed E-state index contributed by atoms with van der Waals surface area (Å²) >= 11 is 0. The van der Waals surface area contributed by atoms with Gasteiger partial charge in [0.15, 0.2) is 0 Å². The second-order valence-corrected chi connectivity index (χ2v) is 14.1. The maximum absolute atomic E-state index is 13.3. The Bertz CT molecular complexity index is 1450. The quantitative estimate of drug-likeness (QED) is 0.479. The average molecular weight is 610 g/mol. The van der Waals surface area contributed by atoms with Gasteiger partial charge in [0, 0.05) is 77.3 Å². The van der Waals surface area contributed by atoms with E-state index in [0.717, 1.165) is 88.2 Å². The molecule has 44 heavy (non-hydrogen) atoms. The number of carbonyl (C=O) groups is 3. The summed E-state index contributed by atoms with van der Waals surface area (Å²) in [6, 6.07) is 6.02. The number of ether oxygens (including phenoxy) is 1. The van der Waals surface area contributed by atoms with Gasteiger partial charge < -0.3 is 19.9 Å². The van der Waals surface area contributed by atoms with Crippen LogP contribution in [-0.2, 0) is 21.4 Å². The number of aromatic nitrogens is 2. The van der Waals surface area contributed by atoms with Crippen LogP contribution in [0.15, 0.2) is 23.0 Å². The standard InChI is InChI=1S/C32H47N7O5/c1-32(2,3)44-30(42)33-22-8-10-23(11-9-22)37-16-14-36(15-17-37)18-21-19-38(20-21)24-6-5-7-25-28(24)35(4)31(43)39(25)26-12-13-27(40)34-29(26)41/h5-7,21-23,26H,8-20H2,1-4H3,(H,33,42)(H,34,40,41). The molecule has 3 amide bonds. The second kappa shape index (κ2) is 12.2. The first-order valence-corrected chi connectivity index (χ1v) is 16.2. The fraction of sp³-hybridized carbons (Fsp3) is 0.688. The summed E-state index contributed by atoms with van der Waals surface area (Å²) in [5, 5.41) is 5.44. The molecule has 12 heteroatoms. The van der Waals surface area contributed by atoms with Gasteiger partial charge in [0.2, 0.25) is 11.8 Å². The molecule has 1 aliphatic carbocycles. The monoisotopic (exact) mass is 609 g/mol. The maximum Gasteiger partial charge on any atom is 0.407 e. The molecule has 4 heterocycles. The molecule has 0 radical (unpaired) electrons. The van der Waals surface area contributed by atoms with Crippen LogP contribution < -0.4 is 21.2 Å². The number of carbonyl (C=O) groups excluding carboxylic acids is 3. The van der Waals surface area contributed by atoms with Crippen molar-refractivity contribution in [1.82, 2.24) is 29.6 Å². The van der Waals surface area contributed by atoms with Crippen LogP contribution in [0.1, 0.15) is 65.3 Å². The fourth-order valence-electron chi connectivity index (χ4n) is 7.52. The number of benzene rings is 1. The van der Waals surface area contributed by atoms with Crippen LogP contribution in [0.25, 0.3) is 11.0 Å². The Morgan fingerprint density at radius 3 is 2.36 bits per heavy atom. The minimum atomic E-state index is -0.675. The second-order valence-electron chi connectivity index (χ2n) is 14.1. The highest BCUT2D eigenvalue weighted by Crippen LogP contribution is 2.34. The number of hydrogen-bond acceptors (Lipinski definition) is 8. The van der Waals surface area contributed by atoms with Gasteiger partial charge in [-0.05, 0) is 65.0 Å². The molecule has 0 spiro atoms. The van der Waals surface area contributed by atoms with Crippen molar-refractivity contribution >= 4 is 34.6 Å². The van der Waals surface area contributed by atoms with Crippen LogP contribution in [0.2, 0.25) is 0 Å². The molecule has 1 aromatic carbocycles. The van der Waals surface area contributed by atoms with E-state index in [9.17, 15) is 19.2 Å². The SMILES string of the molecule is Cn1c(=O)n(C2CCC(=O)NC2=O)c2cccc(N3CC(CN4CCN(C5CCC(NC(=O)OC(C)(C)C)CC5)CC4)C3)c21. The lowest BCUT2D eigenvalue weighted by Gasteiger charge is -2.46. The number of amides is 3. The van der Waals surface area contributed by atoms with E-state index in [0.29, 0.717) is 18.4 Å². The summed E-state index contributed by atoms with van der Waals surface area (Å²) in [6.45, 7) is 12.9. The van der Waals surface area contributed by atoms with Gasteiger partial charge in [-0.1, -0.05) is 6.07 Å². The number of alkyl carbamates (subject to hydrolysis) is 1. The largest absolute Gasteiger partial charge is 0.444 e. The van der Waals surface area contributed by atoms with E-state index >= 15 is 0 Å². The van der Waals surface area contributed by atoms with Gasteiger partial charge >= 0.3 is 11.8 Å². The van der Waals surface area contributed by atoms with Crippen molar-refractivity contribution in [2.75, 3.05) is 50.7 Å². The Hall–Kier alpha value is -3.38. The zero-order valence-corrected chi connectivity index (χ0v) is 26.5. The number of anilines is 1. The zero-order valence-electron chi connectivity index (χ0n) is 26.5. The van der Waals surface area contributed by atoms with Crippen LogP contribution in [0, 0.1) is 5.92 Å². The summed E-state index contributed by atoms with van der Waals surface area (Å²) in [5.74, 6) is -0.126. The lowest BCUT2D eigenvalue weighted by molar-refractivity contribution is -0.135. The summed E-state index contributed by atoms with van der Waals surface area (Å²) in [7, 11) is 1.76. The van der Waals surface area contributed by atoms with E-state index in [1.807, 2.05) is 32.9 Å². The Labute approximate surface area is 258 Å². The van der Waals surface area contributed by atoms with E-state index in [1.165, 1.54) is 0 Å². The van der Waals surface area contributed by atoms with E-state index in [2.05, 4.69) is 31.4 Å². The van der Waals surface area contributed by atoms with Crippen LogP contribution in [0.4, 0.5) is 10.5 Å². The zero-order chi connectivity index (χ0) is 31.2. The molecule has 6 rings (SSSR count). The third kappa shape index (κ3) is 6.37. The summed E-state index contributed by atoms with van der Waals surface area (Å²) in [5.41, 5.74) is 1.89. The molecule has 3 aliphatic heterocycles. The van der Waals surface area contributed by atoms with E-state index in [4.69, 9.17) is 4.74 Å². The molecule has 3 saturated heterocycles. The third-order valence-electron chi connectivity index (χ3n) is 9.76. The maximum atomic E-state index is 13.3. The third-order valence-corrected chi connectivity index (χ3v) is 9.76. The number of nitrogens with one attached hydrogen (secondary N) is 2. The van der Waals surface area contributed by atoms with Crippen molar-refractivity contribution in [2.45, 2.75) is 83.0 Å². The van der Waals surface area contributed by atoms with Crippen molar-refractivity contribution in [3.63, 3.8) is 0 Å². The number of piperidine rings is 1. The molecule has 1 aromatic heterocycles. The van der Waals surface area contributed by atoms with Gasteiger partial charge in [0.25, 0.3) is 0 Å². The molecule has 1 atom stereocenters. The molecule has 12 nitrogen and oxygen atoms in total. The lowest BCUT2D eigenvalue weighted by atomic mass is 9.90. The number of fused-ring (bicyclic) bond motifs is 1. The normalized spacial score (nSPS) is 26.0. The lowest BCUT2D eigenvalue weighted by Crippen LogP contribution is -2.56. The van der Waals surface area contributed by atoms with Gasteiger partial charge in [0.1, 0.15) is 11.6 Å². The first-order chi connectivity index (χ1) is 21.0. The number of rotatable bonds is 6. The number of nitrogens with zero attached hydrogens (tertiary/aromatic N) is 5. The molecule has 2 N–H and O–H groups in total.